The second-order valence-corrected chi connectivity index (χ2v) is 6.38. The zero-order valence-electron chi connectivity index (χ0n) is 15.7. The summed E-state index contributed by atoms with van der Waals surface area (Å²) in [5.41, 5.74) is 7.98. The van der Waals surface area contributed by atoms with E-state index in [4.69, 9.17) is 19.9 Å². The lowest BCUT2D eigenvalue weighted by Gasteiger charge is -2.13. The van der Waals surface area contributed by atoms with E-state index >= 15 is 0 Å². The standard InChI is InChI=1S/C21H27N3O3/c1-16(17-7-3-2-4-8-17)25-12-5-11-23-21(22)24-18-9-10-19-20(15-18)27-14-6-13-26-19/h2-4,7-10,15-16H,5-6,11-14H2,1H3,(H3,22,23,24). The van der Waals surface area contributed by atoms with Gasteiger partial charge in [0, 0.05) is 31.3 Å². The van der Waals surface area contributed by atoms with Crippen molar-refractivity contribution in [3.05, 3.63) is 54.1 Å². The molecule has 1 aliphatic rings. The Bertz CT molecular complexity index is 750. The van der Waals surface area contributed by atoms with Crippen molar-refractivity contribution in [3.63, 3.8) is 0 Å². The predicted molar refractivity (Wildman–Crippen MR) is 108 cm³/mol. The number of benzene rings is 2. The Morgan fingerprint density at radius 3 is 2.74 bits per heavy atom. The fourth-order valence-corrected chi connectivity index (χ4v) is 2.77. The van der Waals surface area contributed by atoms with Crippen LogP contribution in [0.4, 0.5) is 5.69 Å². The molecule has 6 nitrogen and oxygen atoms in total. The highest BCUT2D eigenvalue weighted by atomic mass is 16.5. The second-order valence-electron chi connectivity index (χ2n) is 6.38. The van der Waals surface area contributed by atoms with Crippen LogP contribution in [0.5, 0.6) is 11.5 Å². The zero-order valence-corrected chi connectivity index (χ0v) is 15.7. The fourth-order valence-electron chi connectivity index (χ4n) is 2.77. The van der Waals surface area contributed by atoms with Crippen molar-refractivity contribution in [3.8, 4) is 11.5 Å². The molecule has 0 bridgehead atoms. The number of nitrogens with zero attached hydrogens (tertiary/aromatic N) is 1. The van der Waals surface area contributed by atoms with E-state index in [0.717, 1.165) is 30.0 Å². The maximum absolute atomic E-state index is 5.97. The van der Waals surface area contributed by atoms with Gasteiger partial charge in [0.2, 0.25) is 0 Å². The summed E-state index contributed by atoms with van der Waals surface area (Å²) in [5, 5.41) is 3.09. The maximum Gasteiger partial charge on any atom is 0.193 e. The van der Waals surface area contributed by atoms with Crippen LogP contribution >= 0.6 is 0 Å². The van der Waals surface area contributed by atoms with Crippen LogP contribution in [-0.4, -0.2) is 32.3 Å². The number of fused-ring (bicyclic) bond motifs is 1. The Morgan fingerprint density at radius 2 is 1.93 bits per heavy atom. The summed E-state index contributed by atoms with van der Waals surface area (Å²) in [6.07, 6.45) is 1.76. The van der Waals surface area contributed by atoms with Crippen LogP contribution in [-0.2, 0) is 4.74 Å². The average molecular weight is 369 g/mol. The van der Waals surface area contributed by atoms with Gasteiger partial charge in [-0.15, -0.1) is 0 Å². The molecule has 1 atom stereocenters. The molecular weight excluding hydrogens is 342 g/mol. The molecule has 0 saturated carbocycles. The minimum Gasteiger partial charge on any atom is -0.490 e. The lowest BCUT2D eigenvalue weighted by atomic mass is 10.1. The molecule has 0 aromatic heterocycles. The summed E-state index contributed by atoms with van der Waals surface area (Å²) < 4.78 is 17.1. The number of hydrogen-bond acceptors (Lipinski definition) is 4. The van der Waals surface area contributed by atoms with E-state index in [-0.39, 0.29) is 6.10 Å². The topological polar surface area (TPSA) is 78.1 Å². The molecule has 0 spiro atoms. The highest BCUT2D eigenvalue weighted by Crippen LogP contribution is 2.32. The molecule has 3 N–H and O–H groups in total. The monoisotopic (exact) mass is 369 g/mol. The van der Waals surface area contributed by atoms with Crippen LogP contribution in [0.3, 0.4) is 0 Å². The Morgan fingerprint density at radius 1 is 1.15 bits per heavy atom. The van der Waals surface area contributed by atoms with Crippen molar-refractivity contribution in [2.45, 2.75) is 25.9 Å². The normalized spacial score (nSPS) is 15.1. The van der Waals surface area contributed by atoms with Crippen LogP contribution in [0, 0.1) is 0 Å². The molecule has 27 heavy (non-hydrogen) atoms. The first kappa shape index (κ1) is 19.0. The maximum atomic E-state index is 5.97. The second kappa shape index (κ2) is 9.83. The van der Waals surface area contributed by atoms with Gasteiger partial charge in [0.25, 0.3) is 0 Å². The molecule has 3 rings (SSSR count). The lowest BCUT2D eigenvalue weighted by Crippen LogP contribution is -2.23. The molecule has 0 fully saturated rings. The van der Waals surface area contributed by atoms with Crippen molar-refractivity contribution in [1.29, 1.82) is 0 Å². The third-order valence-corrected chi connectivity index (χ3v) is 4.24. The van der Waals surface area contributed by atoms with Gasteiger partial charge in [0.05, 0.1) is 19.3 Å². The first-order chi connectivity index (χ1) is 13.2. The van der Waals surface area contributed by atoms with Gasteiger partial charge < -0.3 is 25.3 Å². The van der Waals surface area contributed by atoms with Crippen LogP contribution in [0.2, 0.25) is 0 Å². The quantitative estimate of drug-likeness (QED) is 0.442. The number of aliphatic imine (C=N–C) groups is 1. The molecular formula is C21H27N3O3. The Labute approximate surface area is 160 Å². The van der Waals surface area contributed by atoms with Gasteiger partial charge in [0.15, 0.2) is 17.5 Å². The smallest absolute Gasteiger partial charge is 0.193 e. The largest absolute Gasteiger partial charge is 0.490 e. The Kier molecular flexibility index (Phi) is 6.93. The first-order valence-electron chi connectivity index (χ1n) is 9.35. The third-order valence-electron chi connectivity index (χ3n) is 4.24. The summed E-state index contributed by atoms with van der Waals surface area (Å²) in [6, 6.07) is 15.9. The fraction of sp³-hybridized carbons (Fsp3) is 0.381. The molecule has 1 aliphatic heterocycles. The van der Waals surface area contributed by atoms with Gasteiger partial charge in [-0.2, -0.15) is 0 Å². The van der Waals surface area contributed by atoms with Crippen molar-refractivity contribution in [2.75, 3.05) is 31.7 Å². The summed E-state index contributed by atoms with van der Waals surface area (Å²) in [4.78, 5) is 4.35. The molecule has 0 aliphatic carbocycles. The van der Waals surface area contributed by atoms with Crippen LogP contribution in [0.1, 0.15) is 31.4 Å². The number of rotatable bonds is 7. The Balaban J connectivity index is 1.41. The van der Waals surface area contributed by atoms with E-state index in [1.54, 1.807) is 0 Å². The number of guanidine groups is 1. The van der Waals surface area contributed by atoms with Crippen LogP contribution in [0.25, 0.3) is 0 Å². The molecule has 2 aromatic carbocycles. The van der Waals surface area contributed by atoms with Gasteiger partial charge >= 0.3 is 0 Å². The van der Waals surface area contributed by atoms with E-state index in [0.29, 0.717) is 32.3 Å². The lowest BCUT2D eigenvalue weighted by molar-refractivity contribution is 0.0652. The van der Waals surface area contributed by atoms with Crippen LogP contribution < -0.4 is 20.5 Å². The van der Waals surface area contributed by atoms with Gasteiger partial charge in [-0.3, -0.25) is 4.99 Å². The number of nitrogens with two attached hydrogens (primary N) is 1. The number of anilines is 1. The van der Waals surface area contributed by atoms with E-state index in [9.17, 15) is 0 Å². The molecule has 144 valence electrons. The molecule has 0 radical (unpaired) electrons. The summed E-state index contributed by atoms with van der Waals surface area (Å²) in [7, 11) is 0. The van der Waals surface area contributed by atoms with Crippen molar-refractivity contribution >= 4 is 11.6 Å². The predicted octanol–water partition coefficient (Wildman–Crippen LogP) is 3.74. The van der Waals surface area contributed by atoms with E-state index in [1.165, 1.54) is 5.56 Å². The van der Waals surface area contributed by atoms with Crippen molar-refractivity contribution in [1.82, 2.24) is 0 Å². The molecule has 2 aromatic rings. The molecule has 1 unspecified atom stereocenters. The van der Waals surface area contributed by atoms with Gasteiger partial charge in [-0.05, 0) is 31.0 Å². The first-order valence-corrected chi connectivity index (χ1v) is 9.35. The van der Waals surface area contributed by atoms with Gasteiger partial charge in [-0.1, -0.05) is 30.3 Å². The SMILES string of the molecule is CC(OCCCN=C(N)Nc1ccc2c(c1)OCCCO2)c1ccccc1. The van der Waals surface area contributed by atoms with E-state index < -0.39 is 0 Å². The summed E-state index contributed by atoms with van der Waals surface area (Å²) >= 11 is 0. The van der Waals surface area contributed by atoms with Gasteiger partial charge in [-0.25, -0.2) is 0 Å². The highest BCUT2D eigenvalue weighted by Gasteiger charge is 2.11. The number of nitrogens with one attached hydrogen (secondary N) is 1. The summed E-state index contributed by atoms with van der Waals surface area (Å²) in [5.74, 6) is 1.87. The van der Waals surface area contributed by atoms with Crippen LogP contribution in [0.15, 0.2) is 53.5 Å². The summed E-state index contributed by atoms with van der Waals surface area (Å²) in [6.45, 7) is 4.62. The minimum atomic E-state index is 0.0763. The highest BCUT2D eigenvalue weighted by molar-refractivity contribution is 5.92. The molecule has 1 heterocycles. The minimum absolute atomic E-state index is 0.0763. The third kappa shape index (κ3) is 5.89. The van der Waals surface area contributed by atoms with Gasteiger partial charge in [0.1, 0.15) is 0 Å². The van der Waals surface area contributed by atoms with Crippen molar-refractivity contribution in [2.24, 2.45) is 10.7 Å². The van der Waals surface area contributed by atoms with E-state index in [1.807, 2.05) is 36.4 Å². The Hall–Kier alpha value is -2.73. The number of hydrogen-bond donors (Lipinski definition) is 2. The van der Waals surface area contributed by atoms with E-state index in [2.05, 4.69) is 29.4 Å². The average Bonchev–Trinajstić information content (AvgIpc) is 2.93. The number of ether oxygens (including phenoxy) is 3. The van der Waals surface area contributed by atoms with Crippen molar-refractivity contribution < 1.29 is 14.2 Å². The molecule has 6 heteroatoms. The molecule has 0 saturated heterocycles. The molecule has 0 amide bonds. The zero-order chi connectivity index (χ0) is 18.9.